The molecule has 0 unspecified atom stereocenters. The molecule has 3 aromatic rings. The number of nitrogens with one attached hydrogen (secondary N) is 1. The molecule has 0 atom stereocenters. The van der Waals surface area contributed by atoms with Crippen LogP contribution in [0.2, 0.25) is 0 Å². The first-order chi connectivity index (χ1) is 13.5. The van der Waals surface area contributed by atoms with Crippen molar-refractivity contribution in [3.05, 3.63) is 101 Å². The summed E-state index contributed by atoms with van der Waals surface area (Å²) < 4.78 is 13.7. The summed E-state index contributed by atoms with van der Waals surface area (Å²) in [6.45, 7) is 0.477. The lowest BCUT2D eigenvalue weighted by atomic mass is 10.2. The SMILES string of the molecule is CN(Cc1ccccc1)C(=O)c1cccc(C(=O)NCc2ccccc2F)n1. The number of pyridine rings is 1. The molecule has 0 aliphatic heterocycles. The van der Waals surface area contributed by atoms with E-state index in [1.807, 2.05) is 30.3 Å². The summed E-state index contributed by atoms with van der Waals surface area (Å²) in [7, 11) is 1.68. The number of aromatic nitrogens is 1. The standard InChI is InChI=1S/C22H20FN3O2/c1-26(15-16-8-3-2-4-9-16)22(28)20-13-7-12-19(25-20)21(27)24-14-17-10-5-6-11-18(17)23/h2-13H,14-15H2,1H3,(H,24,27). The van der Waals surface area contributed by atoms with Gasteiger partial charge in [-0.05, 0) is 23.8 Å². The second-order valence-electron chi connectivity index (χ2n) is 6.33. The molecule has 0 aliphatic carbocycles. The Morgan fingerprint density at radius 3 is 2.36 bits per heavy atom. The number of halogens is 1. The predicted octanol–water partition coefficient (Wildman–Crippen LogP) is 3.42. The highest BCUT2D eigenvalue weighted by Crippen LogP contribution is 2.09. The van der Waals surface area contributed by atoms with Gasteiger partial charge in [0.15, 0.2) is 0 Å². The molecule has 0 radical (unpaired) electrons. The maximum absolute atomic E-state index is 13.7. The summed E-state index contributed by atoms with van der Waals surface area (Å²) in [5, 5.41) is 2.62. The molecule has 0 fully saturated rings. The Kier molecular flexibility index (Phi) is 6.11. The van der Waals surface area contributed by atoms with E-state index in [0.717, 1.165) is 5.56 Å². The van der Waals surface area contributed by atoms with Crippen molar-refractivity contribution < 1.29 is 14.0 Å². The number of hydrogen-bond donors (Lipinski definition) is 1. The van der Waals surface area contributed by atoms with Crippen LogP contribution in [0.3, 0.4) is 0 Å². The quantitative estimate of drug-likeness (QED) is 0.716. The number of carbonyl (C=O) groups excluding carboxylic acids is 2. The van der Waals surface area contributed by atoms with Gasteiger partial charge in [0.2, 0.25) is 0 Å². The third kappa shape index (κ3) is 4.79. The van der Waals surface area contributed by atoms with Gasteiger partial charge >= 0.3 is 0 Å². The Morgan fingerprint density at radius 2 is 1.61 bits per heavy atom. The van der Waals surface area contributed by atoms with Gasteiger partial charge < -0.3 is 10.2 Å². The van der Waals surface area contributed by atoms with Gasteiger partial charge in [0.1, 0.15) is 17.2 Å². The molecule has 2 aromatic carbocycles. The van der Waals surface area contributed by atoms with Crippen LogP contribution in [0.4, 0.5) is 4.39 Å². The number of amides is 2. The van der Waals surface area contributed by atoms with Crippen molar-refractivity contribution in [2.75, 3.05) is 7.05 Å². The fourth-order valence-corrected chi connectivity index (χ4v) is 2.71. The zero-order chi connectivity index (χ0) is 19.9. The van der Waals surface area contributed by atoms with Crippen molar-refractivity contribution in [1.82, 2.24) is 15.2 Å². The largest absolute Gasteiger partial charge is 0.347 e. The van der Waals surface area contributed by atoms with Crippen LogP contribution in [0.5, 0.6) is 0 Å². The highest BCUT2D eigenvalue weighted by molar-refractivity contribution is 5.96. The molecule has 0 spiro atoms. The van der Waals surface area contributed by atoms with Gasteiger partial charge in [-0.3, -0.25) is 9.59 Å². The monoisotopic (exact) mass is 377 g/mol. The van der Waals surface area contributed by atoms with Gasteiger partial charge in [0.25, 0.3) is 11.8 Å². The van der Waals surface area contributed by atoms with Crippen molar-refractivity contribution in [2.45, 2.75) is 13.1 Å². The maximum atomic E-state index is 13.7. The van der Waals surface area contributed by atoms with Gasteiger partial charge in [0, 0.05) is 25.7 Å². The Hall–Kier alpha value is -3.54. The van der Waals surface area contributed by atoms with E-state index in [0.29, 0.717) is 12.1 Å². The molecule has 6 heteroatoms. The van der Waals surface area contributed by atoms with Crippen LogP contribution in [-0.2, 0) is 13.1 Å². The highest BCUT2D eigenvalue weighted by atomic mass is 19.1. The smallest absolute Gasteiger partial charge is 0.272 e. The van der Waals surface area contributed by atoms with Gasteiger partial charge in [-0.15, -0.1) is 0 Å². The third-order valence-electron chi connectivity index (χ3n) is 4.21. The van der Waals surface area contributed by atoms with Crippen molar-refractivity contribution in [3.8, 4) is 0 Å². The Labute approximate surface area is 162 Å². The number of carbonyl (C=O) groups is 2. The molecule has 2 amide bonds. The molecule has 142 valence electrons. The zero-order valence-corrected chi connectivity index (χ0v) is 15.4. The normalized spacial score (nSPS) is 10.4. The molecule has 1 aromatic heterocycles. The molecule has 1 N–H and O–H groups in total. The van der Waals surface area contributed by atoms with E-state index in [-0.39, 0.29) is 29.7 Å². The fourth-order valence-electron chi connectivity index (χ4n) is 2.71. The summed E-state index contributed by atoms with van der Waals surface area (Å²) in [6.07, 6.45) is 0. The second-order valence-corrected chi connectivity index (χ2v) is 6.33. The predicted molar refractivity (Wildman–Crippen MR) is 104 cm³/mol. The van der Waals surface area contributed by atoms with Crippen LogP contribution >= 0.6 is 0 Å². The lowest BCUT2D eigenvalue weighted by Crippen LogP contribution is -2.29. The highest BCUT2D eigenvalue weighted by Gasteiger charge is 2.16. The summed E-state index contributed by atoms with van der Waals surface area (Å²) >= 11 is 0. The van der Waals surface area contributed by atoms with E-state index in [2.05, 4.69) is 10.3 Å². The molecular formula is C22H20FN3O2. The van der Waals surface area contributed by atoms with Crippen molar-refractivity contribution in [2.24, 2.45) is 0 Å². The van der Waals surface area contributed by atoms with Crippen LogP contribution in [0.25, 0.3) is 0 Å². The molecule has 3 rings (SSSR count). The minimum Gasteiger partial charge on any atom is -0.347 e. The molecule has 5 nitrogen and oxygen atoms in total. The van der Waals surface area contributed by atoms with Crippen LogP contribution in [0.1, 0.15) is 32.1 Å². The Balaban J connectivity index is 1.66. The van der Waals surface area contributed by atoms with E-state index in [9.17, 15) is 14.0 Å². The van der Waals surface area contributed by atoms with E-state index in [4.69, 9.17) is 0 Å². The minimum atomic E-state index is -0.469. The maximum Gasteiger partial charge on any atom is 0.272 e. The molecule has 0 bridgehead atoms. The molecule has 0 saturated heterocycles. The summed E-state index contributed by atoms with van der Waals surface area (Å²) in [5.41, 5.74) is 1.66. The number of hydrogen-bond acceptors (Lipinski definition) is 3. The zero-order valence-electron chi connectivity index (χ0n) is 15.4. The number of nitrogens with zero attached hydrogens (tertiary/aromatic N) is 2. The fraction of sp³-hybridized carbons (Fsp3) is 0.136. The molecular weight excluding hydrogens is 357 g/mol. The van der Waals surface area contributed by atoms with E-state index in [1.165, 1.54) is 12.1 Å². The van der Waals surface area contributed by atoms with Crippen molar-refractivity contribution in [3.63, 3.8) is 0 Å². The van der Waals surface area contributed by atoms with E-state index in [1.54, 1.807) is 42.3 Å². The van der Waals surface area contributed by atoms with Crippen molar-refractivity contribution in [1.29, 1.82) is 0 Å². The van der Waals surface area contributed by atoms with Gasteiger partial charge in [-0.1, -0.05) is 54.6 Å². The first-order valence-corrected chi connectivity index (χ1v) is 8.82. The lowest BCUT2D eigenvalue weighted by molar-refractivity contribution is 0.0779. The molecule has 0 aliphatic rings. The topological polar surface area (TPSA) is 62.3 Å². The number of benzene rings is 2. The lowest BCUT2D eigenvalue weighted by Gasteiger charge is -2.17. The molecule has 0 saturated carbocycles. The van der Waals surface area contributed by atoms with Gasteiger partial charge in [-0.2, -0.15) is 0 Å². The van der Waals surface area contributed by atoms with E-state index >= 15 is 0 Å². The summed E-state index contributed by atoms with van der Waals surface area (Å²) in [4.78, 5) is 30.7. The Morgan fingerprint density at radius 1 is 0.929 bits per heavy atom. The second kappa shape index (κ2) is 8.90. The first kappa shape index (κ1) is 19.2. The van der Waals surface area contributed by atoms with E-state index < -0.39 is 5.91 Å². The number of rotatable bonds is 6. The summed E-state index contributed by atoms with van der Waals surface area (Å²) in [5.74, 6) is -1.14. The van der Waals surface area contributed by atoms with Crippen LogP contribution in [0, 0.1) is 5.82 Å². The third-order valence-corrected chi connectivity index (χ3v) is 4.21. The minimum absolute atomic E-state index is 0.0409. The van der Waals surface area contributed by atoms with Gasteiger partial charge in [-0.25, -0.2) is 9.37 Å². The molecule has 28 heavy (non-hydrogen) atoms. The average molecular weight is 377 g/mol. The average Bonchev–Trinajstić information content (AvgIpc) is 2.73. The van der Waals surface area contributed by atoms with Crippen molar-refractivity contribution >= 4 is 11.8 Å². The van der Waals surface area contributed by atoms with Crippen LogP contribution < -0.4 is 5.32 Å². The van der Waals surface area contributed by atoms with Gasteiger partial charge in [0.05, 0.1) is 0 Å². The van der Waals surface area contributed by atoms with Crippen LogP contribution in [-0.4, -0.2) is 28.7 Å². The Bertz CT molecular complexity index is 976. The van der Waals surface area contributed by atoms with Crippen LogP contribution in [0.15, 0.2) is 72.8 Å². The first-order valence-electron chi connectivity index (χ1n) is 8.82. The molecule has 1 heterocycles. The summed E-state index contributed by atoms with van der Waals surface area (Å²) in [6, 6.07) is 20.5.